The standard InChI is InChI=1S/C30H34FN5O4S2/c1-3-12-35-27(34-16-14-33(15-17-34)24-10-7-6-9-23(24)31)21(20(2)22(19-32)28(35)39)18-25-29(40)36(30(41)42-25)13-8-4-5-11-26(37)38/h6-7,9-10,18H,3-5,8,11-17H2,1-2H3,(H,37,38). The highest BCUT2D eigenvalue weighted by molar-refractivity contribution is 8.26. The van der Waals surface area contributed by atoms with Crippen molar-refractivity contribution >= 4 is 57.8 Å². The van der Waals surface area contributed by atoms with E-state index in [-0.39, 0.29) is 29.3 Å². The molecule has 9 nitrogen and oxygen atoms in total. The zero-order valence-corrected chi connectivity index (χ0v) is 25.4. The molecule has 2 saturated heterocycles. The van der Waals surface area contributed by atoms with Crippen LogP contribution in [0.1, 0.15) is 55.7 Å². The summed E-state index contributed by atoms with van der Waals surface area (Å²) in [7, 11) is 0. The number of carbonyl (C=O) groups excluding carboxylic acids is 1. The molecule has 1 aromatic heterocycles. The van der Waals surface area contributed by atoms with E-state index in [0.717, 1.165) is 0 Å². The number of thiocarbonyl (C=S) groups is 1. The van der Waals surface area contributed by atoms with Gasteiger partial charge in [0, 0.05) is 51.3 Å². The van der Waals surface area contributed by atoms with Crippen molar-refractivity contribution in [2.45, 2.75) is 52.5 Å². The van der Waals surface area contributed by atoms with E-state index in [4.69, 9.17) is 17.3 Å². The van der Waals surface area contributed by atoms with Crippen molar-refractivity contribution in [1.29, 1.82) is 5.26 Å². The smallest absolute Gasteiger partial charge is 0.303 e. The SMILES string of the molecule is CCCn1c(N2CCN(c3ccccc3F)CC2)c(C=C2SC(=S)N(CCCCCC(=O)O)C2=O)c(C)c(C#N)c1=O. The second-order valence-corrected chi connectivity index (χ2v) is 11.9. The lowest BCUT2D eigenvalue weighted by molar-refractivity contribution is -0.137. The van der Waals surface area contributed by atoms with Crippen molar-refractivity contribution in [2.24, 2.45) is 0 Å². The number of piperazine rings is 1. The van der Waals surface area contributed by atoms with E-state index in [9.17, 15) is 24.0 Å². The lowest BCUT2D eigenvalue weighted by Crippen LogP contribution is -2.49. The molecule has 1 aromatic carbocycles. The van der Waals surface area contributed by atoms with Crippen molar-refractivity contribution in [2.75, 3.05) is 42.5 Å². The molecule has 0 unspecified atom stereocenters. The minimum Gasteiger partial charge on any atom is -0.481 e. The summed E-state index contributed by atoms with van der Waals surface area (Å²) in [4.78, 5) is 43.7. The first-order valence-corrected chi connectivity index (χ1v) is 15.3. The molecule has 0 saturated carbocycles. The fourth-order valence-corrected chi connectivity index (χ4v) is 6.62. The third-order valence-corrected chi connectivity index (χ3v) is 8.87. The summed E-state index contributed by atoms with van der Waals surface area (Å²) in [5.41, 5.74) is 1.33. The third kappa shape index (κ3) is 6.68. The summed E-state index contributed by atoms with van der Waals surface area (Å²) in [6.45, 7) is 6.57. The molecule has 0 atom stereocenters. The van der Waals surface area contributed by atoms with Crippen molar-refractivity contribution in [1.82, 2.24) is 9.47 Å². The number of carboxylic acid groups (broad SMARTS) is 1. The molecule has 2 fully saturated rings. The Labute approximate surface area is 254 Å². The van der Waals surface area contributed by atoms with Crippen LogP contribution in [0.5, 0.6) is 0 Å². The van der Waals surface area contributed by atoms with Crippen LogP contribution in [0.3, 0.4) is 0 Å². The van der Waals surface area contributed by atoms with E-state index in [1.165, 1.54) is 22.7 Å². The number of carbonyl (C=O) groups is 2. The van der Waals surface area contributed by atoms with Gasteiger partial charge in [-0.3, -0.25) is 23.9 Å². The van der Waals surface area contributed by atoms with Gasteiger partial charge in [0.2, 0.25) is 0 Å². The highest BCUT2D eigenvalue weighted by Gasteiger charge is 2.33. The van der Waals surface area contributed by atoms with Gasteiger partial charge in [0.15, 0.2) is 0 Å². The summed E-state index contributed by atoms with van der Waals surface area (Å²) >= 11 is 6.69. The van der Waals surface area contributed by atoms with Gasteiger partial charge < -0.3 is 14.9 Å². The molecule has 0 bridgehead atoms. The number of benzene rings is 1. The molecule has 0 radical (unpaired) electrons. The van der Waals surface area contributed by atoms with E-state index < -0.39 is 5.97 Å². The molecular weight excluding hydrogens is 577 g/mol. The van der Waals surface area contributed by atoms with Gasteiger partial charge >= 0.3 is 5.97 Å². The Morgan fingerprint density at radius 3 is 2.45 bits per heavy atom. The topological polar surface area (TPSA) is 110 Å². The summed E-state index contributed by atoms with van der Waals surface area (Å²) in [5.74, 6) is -0.729. The van der Waals surface area contributed by atoms with E-state index in [1.54, 1.807) is 35.8 Å². The van der Waals surface area contributed by atoms with Gasteiger partial charge in [-0.05, 0) is 50.0 Å². The maximum atomic E-state index is 14.5. The minimum atomic E-state index is -0.843. The molecule has 2 aliphatic heterocycles. The number of aromatic nitrogens is 1. The second kappa shape index (κ2) is 14.0. The number of aliphatic carboxylic acids is 1. The zero-order valence-electron chi connectivity index (χ0n) is 23.8. The largest absolute Gasteiger partial charge is 0.481 e. The second-order valence-electron chi connectivity index (χ2n) is 10.3. The van der Waals surface area contributed by atoms with E-state index in [1.807, 2.05) is 11.8 Å². The molecule has 12 heteroatoms. The number of amides is 1. The van der Waals surface area contributed by atoms with Crippen LogP contribution in [0.2, 0.25) is 0 Å². The van der Waals surface area contributed by atoms with E-state index in [0.29, 0.717) is 96.8 Å². The number of anilines is 2. The number of nitrogens with zero attached hydrogens (tertiary/aromatic N) is 5. The Hall–Kier alpha value is -3.69. The molecule has 4 rings (SSSR count). The molecule has 2 aliphatic rings. The Bertz CT molecular complexity index is 1510. The molecule has 1 amide bonds. The van der Waals surface area contributed by atoms with Crippen molar-refractivity contribution < 1.29 is 19.1 Å². The molecule has 222 valence electrons. The Balaban J connectivity index is 1.67. The van der Waals surface area contributed by atoms with Gasteiger partial charge in [0.05, 0.1) is 10.6 Å². The number of para-hydroxylation sites is 1. The number of nitriles is 1. The zero-order chi connectivity index (χ0) is 30.4. The summed E-state index contributed by atoms with van der Waals surface area (Å²) in [5, 5.41) is 18.7. The van der Waals surface area contributed by atoms with Gasteiger partial charge in [-0.25, -0.2) is 4.39 Å². The summed E-state index contributed by atoms with van der Waals surface area (Å²) in [6.07, 6.45) is 4.32. The van der Waals surface area contributed by atoms with Gasteiger partial charge in [0.1, 0.15) is 27.6 Å². The summed E-state index contributed by atoms with van der Waals surface area (Å²) < 4.78 is 16.5. The first-order chi connectivity index (χ1) is 20.2. The average molecular weight is 612 g/mol. The average Bonchev–Trinajstić information content (AvgIpc) is 3.23. The Kier molecular flexibility index (Phi) is 10.4. The maximum absolute atomic E-state index is 14.5. The molecular formula is C30H34FN5O4S2. The van der Waals surface area contributed by atoms with Crippen LogP contribution < -0.4 is 15.4 Å². The lowest BCUT2D eigenvalue weighted by atomic mass is 10.0. The number of halogens is 1. The van der Waals surface area contributed by atoms with Gasteiger partial charge in [0.25, 0.3) is 11.5 Å². The third-order valence-electron chi connectivity index (χ3n) is 7.49. The predicted octanol–water partition coefficient (Wildman–Crippen LogP) is 4.75. The van der Waals surface area contributed by atoms with Crippen LogP contribution in [0.25, 0.3) is 6.08 Å². The molecule has 0 aliphatic carbocycles. The highest BCUT2D eigenvalue weighted by atomic mass is 32.2. The van der Waals surface area contributed by atoms with Crippen molar-refractivity contribution in [3.05, 3.63) is 62.0 Å². The van der Waals surface area contributed by atoms with Crippen LogP contribution >= 0.6 is 24.0 Å². The van der Waals surface area contributed by atoms with Crippen LogP contribution in [0, 0.1) is 24.1 Å². The lowest BCUT2D eigenvalue weighted by Gasteiger charge is -2.39. The van der Waals surface area contributed by atoms with Crippen LogP contribution in [0.4, 0.5) is 15.9 Å². The molecule has 42 heavy (non-hydrogen) atoms. The number of hydrogen-bond acceptors (Lipinski definition) is 8. The van der Waals surface area contributed by atoms with Crippen LogP contribution in [-0.2, 0) is 16.1 Å². The molecule has 0 spiro atoms. The minimum absolute atomic E-state index is 0.0392. The summed E-state index contributed by atoms with van der Waals surface area (Å²) in [6, 6.07) is 8.72. The quantitative estimate of drug-likeness (QED) is 0.219. The number of hydrogen-bond donors (Lipinski definition) is 1. The molecule has 2 aromatic rings. The van der Waals surface area contributed by atoms with Crippen LogP contribution in [0.15, 0.2) is 34.0 Å². The Morgan fingerprint density at radius 2 is 1.81 bits per heavy atom. The van der Waals surface area contributed by atoms with Gasteiger partial charge in [-0.2, -0.15) is 5.26 Å². The number of pyridine rings is 1. The number of thioether (sulfide) groups is 1. The number of carboxylic acids is 1. The first kappa shape index (κ1) is 31.3. The van der Waals surface area contributed by atoms with Gasteiger partial charge in [-0.1, -0.05) is 49.5 Å². The monoisotopic (exact) mass is 611 g/mol. The molecule has 3 heterocycles. The van der Waals surface area contributed by atoms with E-state index in [2.05, 4.69) is 11.0 Å². The van der Waals surface area contributed by atoms with E-state index >= 15 is 0 Å². The van der Waals surface area contributed by atoms with Crippen molar-refractivity contribution in [3.8, 4) is 6.07 Å². The fraction of sp³-hybridized carbons (Fsp3) is 0.433. The predicted molar refractivity (Wildman–Crippen MR) is 167 cm³/mol. The normalized spacial score (nSPS) is 16.4. The van der Waals surface area contributed by atoms with Crippen LogP contribution in [-0.4, -0.2) is 63.5 Å². The number of rotatable bonds is 11. The van der Waals surface area contributed by atoms with Gasteiger partial charge in [-0.15, -0.1) is 0 Å². The first-order valence-electron chi connectivity index (χ1n) is 14.1. The fourth-order valence-electron chi connectivity index (χ4n) is 5.33. The molecule has 1 N–H and O–H groups in total. The Morgan fingerprint density at radius 1 is 1.12 bits per heavy atom. The number of unbranched alkanes of at least 4 members (excludes halogenated alkanes) is 2. The highest BCUT2D eigenvalue weighted by Crippen LogP contribution is 2.36. The maximum Gasteiger partial charge on any atom is 0.303 e. The van der Waals surface area contributed by atoms with Crippen molar-refractivity contribution in [3.63, 3.8) is 0 Å².